The van der Waals surface area contributed by atoms with Crippen LogP contribution in [-0.4, -0.2) is 33.4 Å². The molecular weight excluding hydrogens is 328 g/mol. The van der Waals surface area contributed by atoms with Crippen molar-refractivity contribution in [3.05, 3.63) is 29.5 Å². The number of aromatic nitrogens is 2. The molecule has 0 spiro atoms. The Morgan fingerprint density at radius 2 is 2.12 bits per heavy atom. The monoisotopic (exact) mass is 356 g/mol. The molecule has 0 fully saturated rings. The van der Waals surface area contributed by atoms with Gasteiger partial charge in [-0.2, -0.15) is 10.4 Å². The third kappa shape index (κ3) is 4.61. The van der Waals surface area contributed by atoms with Crippen LogP contribution >= 0.6 is 0 Å². The molecule has 0 unspecified atom stereocenters. The number of unbranched alkanes of at least 4 members (excludes halogenated alkanes) is 2. The molecule has 2 N–H and O–H groups in total. The van der Waals surface area contributed by atoms with Crippen LogP contribution in [0.1, 0.15) is 56.1 Å². The zero-order valence-electron chi connectivity index (χ0n) is 16.0. The van der Waals surface area contributed by atoms with Crippen molar-refractivity contribution in [1.29, 1.82) is 5.26 Å². The highest BCUT2D eigenvalue weighted by Gasteiger charge is 2.27. The summed E-state index contributed by atoms with van der Waals surface area (Å²) >= 11 is 0. The van der Waals surface area contributed by atoms with Gasteiger partial charge in [-0.15, -0.1) is 0 Å². The lowest BCUT2D eigenvalue weighted by Gasteiger charge is -2.29. The van der Waals surface area contributed by atoms with E-state index in [1.165, 1.54) is 0 Å². The van der Waals surface area contributed by atoms with Crippen LogP contribution in [0.15, 0.2) is 18.2 Å². The first kappa shape index (κ1) is 19.9. The highest BCUT2D eigenvalue weighted by atomic mass is 16.3. The van der Waals surface area contributed by atoms with Crippen molar-refractivity contribution in [2.75, 3.05) is 6.61 Å². The van der Waals surface area contributed by atoms with E-state index in [0.717, 1.165) is 29.3 Å². The molecule has 0 saturated heterocycles. The number of nitrogens with one attached hydrogen (secondary N) is 1. The van der Waals surface area contributed by atoms with E-state index in [9.17, 15) is 9.90 Å². The van der Waals surface area contributed by atoms with Crippen LogP contribution in [0, 0.1) is 23.7 Å². The van der Waals surface area contributed by atoms with Gasteiger partial charge >= 0.3 is 0 Å². The zero-order valence-corrected chi connectivity index (χ0v) is 16.0. The third-order valence-electron chi connectivity index (χ3n) is 4.56. The van der Waals surface area contributed by atoms with Crippen molar-refractivity contribution in [2.45, 2.75) is 59.5 Å². The van der Waals surface area contributed by atoms with E-state index in [0.29, 0.717) is 18.7 Å². The summed E-state index contributed by atoms with van der Waals surface area (Å²) in [6.45, 7) is 8.45. The van der Waals surface area contributed by atoms with E-state index in [2.05, 4.69) is 16.5 Å². The van der Waals surface area contributed by atoms with E-state index < -0.39 is 0 Å². The molecule has 0 aliphatic heterocycles. The summed E-state index contributed by atoms with van der Waals surface area (Å²) in [6, 6.07) is 7.74. The molecule has 1 heterocycles. The Bertz CT molecular complexity index is 812. The van der Waals surface area contributed by atoms with Crippen LogP contribution in [0.5, 0.6) is 0 Å². The smallest absolute Gasteiger partial charge is 0.272 e. The summed E-state index contributed by atoms with van der Waals surface area (Å²) < 4.78 is 1.84. The van der Waals surface area contributed by atoms with Gasteiger partial charge in [0.15, 0.2) is 5.69 Å². The number of aliphatic hydroxyl groups excluding tert-OH is 1. The van der Waals surface area contributed by atoms with Crippen LogP contribution in [0.4, 0.5) is 0 Å². The molecule has 6 heteroatoms. The maximum absolute atomic E-state index is 12.8. The van der Waals surface area contributed by atoms with Crippen molar-refractivity contribution in [3.8, 4) is 6.07 Å². The topological polar surface area (TPSA) is 90.9 Å². The fraction of sp³-hybridized carbons (Fsp3) is 0.550. The molecule has 2 aromatic rings. The van der Waals surface area contributed by atoms with Crippen molar-refractivity contribution < 1.29 is 9.90 Å². The lowest BCUT2D eigenvalue weighted by atomic mass is 9.87. The number of rotatable bonds is 7. The first-order chi connectivity index (χ1) is 12.3. The Morgan fingerprint density at radius 1 is 1.38 bits per heavy atom. The second-order valence-corrected chi connectivity index (χ2v) is 7.78. The number of fused-ring (bicyclic) bond motifs is 1. The number of hydrogen-bond acceptors (Lipinski definition) is 4. The van der Waals surface area contributed by atoms with Gasteiger partial charge in [-0.05, 0) is 37.3 Å². The molecule has 1 aromatic carbocycles. The second-order valence-electron chi connectivity index (χ2n) is 7.78. The normalized spacial score (nSPS) is 12.8. The van der Waals surface area contributed by atoms with Crippen molar-refractivity contribution in [1.82, 2.24) is 15.1 Å². The summed E-state index contributed by atoms with van der Waals surface area (Å²) in [5, 5.41) is 26.6. The Kier molecular flexibility index (Phi) is 6.38. The lowest BCUT2D eigenvalue weighted by Crippen LogP contribution is -2.46. The number of nitriles is 1. The van der Waals surface area contributed by atoms with Gasteiger partial charge in [0.05, 0.1) is 24.2 Å². The Hall–Kier alpha value is -2.39. The molecule has 0 saturated carbocycles. The number of aliphatic hydroxyl groups is 1. The fourth-order valence-electron chi connectivity index (χ4n) is 2.86. The standard InChI is InChI=1S/C20H28N4O2/c1-14-8-9-16-15(12-14)18(23-24(16)11-7-5-6-10-21)19(26)22-17(13-25)20(2,3)4/h8-9,12,17,25H,5-7,11,13H2,1-4H3,(H,22,26)/t17-/m1/s1. The molecule has 26 heavy (non-hydrogen) atoms. The van der Waals surface area contributed by atoms with Crippen molar-refractivity contribution in [2.24, 2.45) is 5.41 Å². The maximum atomic E-state index is 12.8. The summed E-state index contributed by atoms with van der Waals surface area (Å²) in [4.78, 5) is 12.8. The van der Waals surface area contributed by atoms with E-state index >= 15 is 0 Å². The summed E-state index contributed by atoms with van der Waals surface area (Å²) in [7, 11) is 0. The average molecular weight is 356 g/mol. The SMILES string of the molecule is Cc1ccc2c(c1)c(C(=O)N[C@H](CO)C(C)(C)C)nn2CCCCC#N. The molecule has 0 aliphatic rings. The van der Waals surface area contributed by atoms with Crippen LogP contribution in [0.2, 0.25) is 0 Å². The van der Waals surface area contributed by atoms with Gasteiger partial charge in [0.2, 0.25) is 0 Å². The van der Waals surface area contributed by atoms with Crippen LogP contribution in [-0.2, 0) is 6.54 Å². The van der Waals surface area contributed by atoms with Gasteiger partial charge in [-0.1, -0.05) is 32.4 Å². The maximum Gasteiger partial charge on any atom is 0.272 e. The zero-order chi connectivity index (χ0) is 19.3. The molecule has 1 atom stereocenters. The minimum Gasteiger partial charge on any atom is -0.394 e. The molecular formula is C20H28N4O2. The minimum atomic E-state index is -0.351. The molecule has 1 aromatic heterocycles. The quantitative estimate of drug-likeness (QED) is 0.746. The molecule has 1 amide bonds. The number of aryl methyl sites for hydroxylation is 2. The summed E-state index contributed by atoms with van der Waals surface area (Å²) in [5.74, 6) is -0.273. The first-order valence-electron chi connectivity index (χ1n) is 9.03. The Morgan fingerprint density at radius 3 is 2.73 bits per heavy atom. The molecule has 140 valence electrons. The van der Waals surface area contributed by atoms with Crippen LogP contribution in [0.25, 0.3) is 10.9 Å². The molecule has 6 nitrogen and oxygen atoms in total. The number of hydrogen-bond donors (Lipinski definition) is 2. The number of nitrogens with zero attached hydrogens (tertiary/aromatic N) is 3. The van der Waals surface area contributed by atoms with Crippen LogP contribution in [0.3, 0.4) is 0 Å². The highest BCUT2D eigenvalue weighted by molar-refractivity contribution is 6.05. The van der Waals surface area contributed by atoms with Gasteiger partial charge in [-0.25, -0.2) is 0 Å². The minimum absolute atomic E-state index is 0.124. The Labute approximate surface area is 154 Å². The summed E-state index contributed by atoms with van der Waals surface area (Å²) in [5.41, 5.74) is 2.10. The average Bonchev–Trinajstić information content (AvgIpc) is 2.93. The molecule has 2 rings (SSSR count). The van der Waals surface area contributed by atoms with Gasteiger partial charge in [-0.3, -0.25) is 9.48 Å². The molecule has 0 bridgehead atoms. The van der Waals surface area contributed by atoms with Gasteiger partial charge in [0, 0.05) is 18.4 Å². The van der Waals surface area contributed by atoms with Crippen molar-refractivity contribution >= 4 is 16.8 Å². The fourth-order valence-corrected chi connectivity index (χ4v) is 2.86. The van der Waals surface area contributed by atoms with E-state index in [1.54, 1.807) is 0 Å². The molecule has 0 radical (unpaired) electrons. The summed E-state index contributed by atoms with van der Waals surface area (Å²) in [6.07, 6.45) is 2.16. The van der Waals surface area contributed by atoms with Crippen molar-refractivity contribution in [3.63, 3.8) is 0 Å². The number of carbonyl (C=O) groups excluding carboxylic acids is 1. The number of carbonyl (C=O) groups is 1. The van der Waals surface area contributed by atoms with Gasteiger partial charge in [0.25, 0.3) is 5.91 Å². The van der Waals surface area contributed by atoms with E-state index in [4.69, 9.17) is 5.26 Å². The van der Waals surface area contributed by atoms with Crippen LogP contribution < -0.4 is 5.32 Å². The Balaban J connectivity index is 2.32. The third-order valence-corrected chi connectivity index (χ3v) is 4.56. The molecule has 0 aliphatic carbocycles. The first-order valence-corrected chi connectivity index (χ1v) is 9.03. The highest BCUT2D eigenvalue weighted by Crippen LogP contribution is 2.23. The van der Waals surface area contributed by atoms with E-state index in [-0.39, 0.29) is 24.0 Å². The largest absolute Gasteiger partial charge is 0.394 e. The lowest BCUT2D eigenvalue weighted by molar-refractivity contribution is 0.0844. The van der Waals surface area contributed by atoms with Gasteiger partial charge in [0.1, 0.15) is 0 Å². The van der Waals surface area contributed by atoms with E-state index in [1.807, 2.05) is 50.6 Å². The van der Waals surface area contributed by atoms with Gasteiger partial charge < -0.3 is 10.4 Å². The predicted molar refractivity (Wildman–Crippen MR) is 102 cm³/mol. The second kappa shape index (κ2) is 8.33. The predicted octanol–water partition coefficient (Wildman–Crippen LogP) is 3.18. The number of benzene rings is 1. The number of amides is 1.